The monoisotopic (exact) mass is 228 g/mol. The first-order valence-corrected chi connectivity index (χ1v) is 7.57. The van der Waals surface area contributed by atoms with Crippen molar-refractivity contribution < 1.29 is 0 Å². The van der Waals surface area contributed by atoms with Gasteiger partial charge in [0.1, 0.15) is 0 Å². The molecule has 2 rings (SSSR count). The maximum Gasteiger partial charge on any atom is 0.0197 e. The molecule has 0 amide bonds. The lowest BCUT2D eigenvalue weighted by atomic mass is 9.90. The fraction of sp³-hybridized carbons (Fsp3) is 1.00. The molecular weight excluding hydrogens is 204 g/mol. The third-order valence-corrected chi connectivity index (χ3v) is 4.71. The zero-order valence-electron chi connectivity index (χ0n) is 9.87. The van der Waals surface area contributed by atoms with Crippen LogP contribution >= 0.6 is 11.8 Å². The second-order valence-corrected chi connectivity index (χ2v) is 6.09. The van der Waals surface area contributed by atoms with Gasteiger partial charge in [-0.15, -0.1) is 0 Å². The molecular formula is C12H24N2S. The number of nitrogens with zero attached hydrogens (tertiary/aromatic N) is 1. The summed E-state index contributed by atoms with van der Waals surface area (Å²) in [4.78, 5) is 2.65. The zero-order chi connectivity index (χ0) is 10.5. The topological polar surface area (TPSA) is 15.3 Å². The summed E-state index contributed by atoms with van der Waals surface area (Å²) in [7, 11) is 0. The van der Waals surface area contributed by atoms with Gasteiger partial charge in [-0.3, -0.25) is 0 Å². The van der Waals surface area contributed by atoms with Gasteiger partial charge in [-0.2, -0.15) is 11.8 Å². The Hall–Kier alpha value is 0.270. The summed E-state index contributed by atoms with van der Waals surface area (Å²) in [6, 6.07) is 0.770. The Bertz CT molecular complexity index is 180. The van der Waals surface area contributed by atoms with Crippen molar-refractivity contribution in [1.29, 1.82) is 0 Å². The fourth-order valence-electron chi connectivity index (χ4n) is 2.70. The lowest BCUT2D eigenvalue weighted by Crippen LogP contribution is -2.47. The third-order valence-electron chi connectivity index (χ3n) is 3.76. The molecule has 88 valence electrons. The minimum Gasteiger partial charge on any atom is -0.313 e. The van der Waals surface area contributed by atoms with Gasteiger partial charge >= 0.3 is 0 Å². The molecule has 2 fully saturated rings. The van der Waals surface area contributed by atoms with Gasteiger partial charge in [0, 0.05) is 37.2 Å². The van der Waals surface area contributed by atoms with Crippen LogP contribution in [-0.4, -0.2) is 48.6 Å². The van der Waals surface area contributed by atoms with Gasteiger partial charge < -0.3 is 10.2 Å². The quantitative estimate of drug-likeness (QED) is 0.793. The summed E-state index contributed by atoms with van der Waals surface area (Å²) < 4.78 is 0. The molecule has 2 nitrogen and oxygen atoms in total. The summed E-state index contributed by atoms with van der Waals surface area (Å²) in [6.07, 6.45) is 4.16. The van der Waals surface area contributed by atoms with Crippen molar-refractivity contribution in [3.05, 3.63) is 0 Å². The highest BCUT2D eigenvalue weighted by Gasteiger charge is 2.22. The first-order chi connectivity index (χ1) is 7.38. The van der Waals surface area contributed by atoms with E-state index >= 15 is 0 Å². The molecule has 0 radical (unpaired) electrons. The van der Waals surface area contributed by atoms with E-state index in [9.17, 15) is 0 Å². The van der Waals surface area contributed by atoms with Crippen LogP contribution in [0, 0.1) is 5.92 Å². The van der Waals surface area contributed by atoms with Crippen molar-refractivity contribution in [3.63, 3.8) is 0 Å². The predicted molar refractivity (Wildman–Crippen MR) is 68.6 cm³/mol. The second kappa shape index (κ2) is 6.12. The molecule has 2 aliphatic rings. The molecule has 2 saturated heterocycles. The number of nitrogens with one attached hydrogen (secondary N) is 1. The zero-order valence-corrected chi connectivity index (χ0v) is 10.7. The third kappa shape index (κ3) is 3.65. The van der Waals surface area contributed by atoms with Gasteiger partial charge in [-0.05, 0) is 25.3 Å². The average molecular weight is 228 g/mol. The van der Waals surface area contributed by atoms with Crippen LogP contribution in [0.3, 0.4) is 0 Å². The van der Waals surface area contributed by atoms with Crippen LogP contribution in [0.5, 0.6) is 0 Å². The van der Waals surface area contributed by atoms with Crippen LogP contribution in [0.4, 0.5) is 0 Å². The van der Waals surface area contributed by atoms with Crippen molar-refractivity contribution >= 4 is 11.8 Å². The first kappa shape index (κ1) is 11.7. The Morgan fingerprint density at radius 1 is 1.33 bits per heavy atom. The first-order valence-electron chi connectivity index (χ1n) is 6.42. The maximum atomic E-state index is 3.68. The van der Waals surface area contributed by atoms with Crippen LogP contribution in [0.1, 0.15) is 26.2 Å². The van der Waals surface area contributed by atoms with Crippen LogP contribution in [-0.2, 0) is 0 Å². The van der Waals surface area contributed by atoms with Crippen molar-refractivity contribution in [3.8, 4) is 0 Å². The Balaban J connectivity index is 1.72. The van der Waals surface area contributed by atoms with Crippen molar-refractivity contribution in [2.24, 2.45) is 5.92 Å². The summed E-state index contributed by atoms with van der Waals surface area (Å²) in [6.45, 7) is 7.48. The Morgan fingerprint density at radius 2 is 2.13 bits per heavy atom. The Kier molecular flexibility index (Phi) is 4.79. The minimum atomic E-state index is 0.770. The van der Waals surface area contributed by atoms with Gasteiger partial charge in [-0.25, -0.2) is 0 Å². The predicted octanol–water partition coefficient (Wildman–Crippen LogP) is 1.81. The minimum absolute atomic E-state index is 0.770. The largest absolute Gasteiger partial charge is 0.313 e. The standard InChI is InChI=1S/C12H24N2S/c1-2-11-3-4-13-12(9-11)10-14-5-7-15-8-6-14/h11-13H,2-10H2,1H3. The van der Waals surface area contributed by atoms with Gasteiger partial charge in [-0.1, -0.05) is 13.3 Å². The molecule has 0 spiro atoms. The van der Waals surface area contributed by atoms with E-state index in [0.29, 0.717) is 0 Å². The average Bonchev–Trinajstić information content (AvgIpc) is 2.31. The van der Waals surface area contributed by atoms with E-state index in [2.05, 4.69) is 28.9 Å². The van der Waals surface area contributed by atoms with Gasteiger partial charge in [0.15, 0.2) is 0 Å². The number of hydrogen-bond acceptors (Lipinski definition) is 3. The molecule has 3 heteroatoms. The van der Waals surface area contributed by atoms with E-state index in [4.69, 9.17) is 0 Å². The highest BCUT2D eigenvalue weighted by molar-refractivity contribution is 7.99. The summed E-state index contributed by atoms with van der Waals surface area (Å²) in [5, 5.41) is 3.68. The fourth-order valence-corrected chi connectivity index (χ4v) is 3.68. The molecule has 1 N–H and O–H groups in total. The van der Waals surface area contributed by atoms with E-state index in [1.54, 1.807) is 0 Å². The van der Waals surface area contributed by atoms with Crippen LogP contribution in [0.15, 0.2) is 0 Å². The molecule has 0 aromatic carbocycles. The van der Waals surface area contributed by atoms with Crippen LogP contribution in [0.25, 0.3) is 0 Å². The number of piperidine rings is 1. The number of thioether (sulfide) groups is 1. The normalized spacial score (nSPS) is 34.2. The molecule has 2 heterocycles. The molecule has 2 unspecified atom stereocenters. The van der Waals surface area contributed by atoms with E-state index in [0.717, 1.165) is 12.0 Å². The van der Waals surface area contributed by atoms with E-state index in [1.165, 1.54) is 56.9 Å². The Morgan fingerprint density at radius 3 is 2.87 bits per heavy atom. The lowest BCUT2D eigenvalue weighted by molar-refractivity contribution is 0.211. The summed E-state index contributed by atoms with van der Waals surface area (Å²) in [5.74, 6) is 3.66. The molecule has 0 aliphatic carbocycles. The lowest BCUT2D eigenvalue weighted by Gasteiger charge is -2.35. The number of hydrogen-bond donors (Lipinski definition) is 1. The van der Waals surface area contributed by atoms with Crippen molar-refractivity contribution in [1.82, 2.24) is 10.2 Å². The highest BCUT2D eigenvalue weighted by atomic mass is 32.2. The Labute approximate surface area is 98.2 Å². The molecule has 0 aromatic heterocycles. The van der Waals surface area contributed by atoms with Crippen molar-refractivity contribution in [2.45, 2.75) is 32.2 Å². The second-order valence-electron chi connectivity index (χ2n) is 4.86. The maximum absolute atomic E-state index is 3.68. The van der Waals surface area contributed by atoms with E-state index in [1.807, 2.05) is 0 Å². The van der Waals surface area contributed by atoms with E-state index in [-0.39, 0.29) is 0 Å². The van der Waals surface area contributed by atoms with Gasteiger partial charge in [0.2, 0.25) is 0 Å². The highest BCUT2D eigenvalue weighted by Crippen LogP contribution is 2.20. The molecule has 0 saturated carbocycles. The van der Waals surface area contributed by atoms with Crippen LogP contribution < -0.4 is 5.32 Å². The van der Waals surface area contributed by atoms with Gasteiger partial charge in [0.05, 0.1) is 0 Å². The summed E-state index contributed by atoms with van der Waals surface area (Å²) >= 11 is 2.10. The SMILES string of the molecule is CCC1CCNC(CN2CCSCC2)C1. The molecule has 2 atom stereocenters. The molecule has 0 aromatic rings. The van der Waals surface area contributed by atoms with Crippen LogP contribution in [0.2, 0.25) is 0 Å². The molecule has 0 bridgehead atoms. The van der Waals surface area contributed by atoms with Gasteiger partial charge in [0.25, 0.3) is 0 Å². The molecule has 15 heavy (non-hydrogen) atoms. The molecule has 2 aliphatic heterocycles. The summed E-state index contributed by atoms with van der Waals surface area (Å²) in [5.41, 5.74) is 0. The van der Waals surface area contributed by atoms with E-state index < -0.39 is 0 Å². The number of rotatable bonds is 3. The van der Waals surface area contributed by atoms with Crippen molar-refractivity contribution in [2.75, 3.05) is 37.7 Å². The smallest absolute Gasteiger partial charge is 0.0197 e.